The number of hydrogen-bond acceptors (Lipinski definition) is 3. The molecule has 0 aliphatic heterocycles. The van der Waals surface area contributed by atoms with Crippen LogP contribution in [-0.4, -0.2) is 24.0 Å². The first-order valence-electron chi connectivity index (χ1n) is 4.79. The molecule has 100 valence electrons. The van der Waals surface area contributed by atoms with Crippen molar-refractivity contribution in [1.82, 2.24) is 0 Å². The van der Waals surface area contributed by atoms with Crippen molar-refractivity contribution in [3.8, 4) is 5.75 Å². The molecule has 1 rings (SSSR count). The second-order valence-corrected chi connectivity index (χ2v) is 3.67. The van der Waals surface area contributed by atoms with Crippen LogP contribution in [0.25, 0.3) is 0 Å². The van der Waals surface area contributed by atoms with Gasteiger partial charge in [-0.25, -0.2) is 0 Å². The third-order valence-corrected chi connectivity index (χ3v) is 2.12. The Balaban J connectivity index is 2.64. The molecule has 0 radical (unpaired) electrons. The summed E-state index contributed by atoms with van der Waals surface area (Å²) in [5.41, 5.74) is 0.413. The Morgan fingerprint density at radius 1 is 1.44 bits per heavy atom. The maximum Gasteiger partial charge on any atom is 0.573 e. The average molecular weight is 284 g/mol. The molecule has 0 saturated carbocycles. The van der Waals surface area contributed by atoms with E-state index in [0.717, 1.165) is 6.07 Å². The van der Waals surface area contributed by atoms with Crippen LogP contribution in [0.1, 0.15) is 6.42 Å². The topological polar surface area (TPSA) is 58.6 Å². The van der Waals surface area contributed by atoms with Crippen molar-refractivity contribution >= 4 is 23.3 Å². The molecule has 1 aromatic carbocycles. The largest absolute Gasteiger partial charge is 0.573 e. The van der Waals surface area contributed by atoms with Crippen molar-refractivity contribution in [3.63, 3.8) is 0 Å². The molecule has 4 nitrogen and oxygen atoms in total. The summed E-state index contributed by atoms with van der Waals surface area (Å²) in [4.78, 5) is 10.3. The van der Waals surface area contributed by atoms with Crippen LogP contribution in [0.5, 0.6) is 5.75 Å². The zero-order chi connectivity index (χ0) is 13.8. The number of nitrogens with one attached hydrogen (secondary N) is 1. The standard InChI is InChI=1S/C10H9ClF3NO3/c11-7-5-6(15-4-3-9(16)17)1-2-8(7)18-10(12,13)14/h1-2,5,15H,3-4H2,(H,16,17). The molecule has 0 fully saturated rings. The Kier molecular flexibility index (Phi) is 4.66. The van der Waals surface area contributed by atoms with Crippen molar-refractivity contribution in [2.45, 2.75) is 12.8 Å². The van der Waals surface area contributed by atoms with Gasteiger partial charge in [0.25, 0.3) is 0 Å². The molecule has 8 heteroatoms. The van der Waals surface area contributed by atoms with E-state index in [1.807, 2.05) is 0 Å². The van der Waals surface area contributed by atoms with Gasteiger partial charge in [-0.2, -0.15) is 0 Å². The van der Waals surface area contributed by atoms with Gasteiger partial charge in [0.2, 0.25) is 0 Å². The number of carbonyl (C=O) groups is 1. The lowest BCUT2D eigenvalue weighted by atomic mass is 10.3. The van der Waals surface area contributed by atoms with Gasteiger partial charge in [0.1, 0.15) is 5.75 Å². The van der Waals surface area contributed by atoms with Crippen LogP contribution >= 0.6 is 11.6 Å². The van der Waals surface area contributed by atoms with Gasteiger partial charge < -0.3 is 15.2 Å². The van der Waals surface area contributed by atoms with Crippen molar-refractivity contribution in [1.29, 1.82) is 0 Å². The molecule has 0 aliphatic carbocycles. The molecule has 0 aromatic heterocycles. The summed E-state index contributed by atoms with van der Waals surface area (Å²) in [5.74, 6) is -1.49. The van der Waals surface area contributed by atoms with E-state index >= 15 is 0 Å². The summed E-state index contributed by atoms with van der Waals surface area (Å²) in [5, 5.41) is 10.9. The molecular weight excluding hydrogens is 275 g/mol. The number of aliphatic carboxylic acids is 1. The number of carboxylic acids is 1. The first-order valence-corrected chi connectivity index (χ1v) is 5.17. The molecule has 1 aromatic rings. The third-order valence-electron chi connectivity index (χ3n) is 1.83. The molecule has 0 heterocycles. The highest BCUT2D eigenvalue weighted by molar-refractivity contribution is 6.32. The molecule has 2 N–H and O–H groups in total. The lowest BCUT2D eigenvalue weighted by Gasteiger charge is -2.12. The first-order chi connectivity index (χ1) is 8.28. The highest BCUT2D eigenvalue weighted by atomic mass is 35.5. The van der Waals surface area contributed by atoms with E-state index in [2.05, 4.69) is 10.1 Å². The molecule has 18 heavy (non-hydrogen) atoms. The van der Waals surface area contributed by atoms with Gasteiger partial charge in [-0.15, -0.1) is 13.2 Å². The van der Waals surface area contributed by atoms with Gasteiger partial charge in [-0.1, -0.05) is 11.6 Å². The number of hydrogen-bond donors (Lipinski definition) is 2. The second-order valence-electron chi connectivity index (χ2n) is 3.26. The van der Waals surface area contributed by atoms with Crippen LogP contribution in [0, 0.1) is 0 Å². The number of rotatable bonds is 5. The van der Waals surface area contributed by atoms with Crippen LogP contribution in [0.2, 0.25) is 5.02 Å². The van der Waals surface area contributed by atoms with Crippen LogP contribution in [-0.2, 0) is 4.79 Å². The summed E-state index contributed by atoms with van der Waals surface area (Å²) in [6.07, 6.45) is -4.92. The Morgan fingerprint density at radius 2 is 2.11 bits per heavy atom. The Hall–Kier alpha value is -1.63. The number of carboxylic acid groups (broad SMARTS) is 1. The highest BCUT2D eigenvalue weighted by Crippen LogP contribution is 2.32. The SMILES string of the molecule is O=C(O)CCNc1ccc(OC(F)(F)F)c(Cl)c1. The Bertz CT molecular complexity index is 437. The number of halogens is 4. The minimum atomic E-state index is -4.80. The van der Waals surface area contributed by atoms with Gasteiger partial charge in [0.15, 0.2) is 0 Å². The average Bonchev–Trinajstić information content (AvgIpc) is 2.19. The van der Waals surface area contributed by atoms with Crippen LogP contribution in [0.3, 0.4) is 0 Å². The molecule has 0 bridgehead atoms. The second kappa shape index (κ2) is 5.81. The Morgan fingerprint density at radius 3 is 2.61 bits per heavy atom. The van der Waals surface area contributed by atoms with E-state index in [9.17, 15) is 18.0 Å². The zero-order valence-corrected chi connectivity index (χ0v) is 9.68. The maximum absolute atomic E-state index is 12.0. The summed E-state index contributed by atoms with van der Waals surface area (Å²) in [7, 11) is 0. The fraction of sp³-hybridized carbons (Fsp3) is 0.300. The summed E-state index contributed by atoms with van der Waals surface area (Å²) in [6, 6.07) is 3.60. The van der Waals surface area contributed by atoms with Gasteiger partial charge in [0, 0.05) is 12.2 Å². The van der Waals surface area contributed by atoms with Crippen molar-refractivity contribution in [2.24, 2.45) is 0 Å². The third kappa shape index (κ3) is 5.13. The van der Waals surface area contributed by atoms with Gasteiger partial charge >= 0.3 is 12.3 Å². The van der Waals surface area contributed by atoms with E-state index < -0.39 is 18.1 Å². The molecular formula is C10H9ClF3NO3. The maximum atomic E-state index is 12.0. The van der Waals surface area contributed by atoms with E-state index in [1.54, 1.807) is 0 Å². The highest BCUT2D eigenvalue weighted by Gasteiger charge is 2.31. The number of ether oxygens (including phenoxy) is 1. The van der Waals surface area contributed by atoms with Crippen LogP contribution in [0.4, 0.5) is 18.9 Å². The van der Waals surface area contributed by atoms with Gasteiger partial charge in [-0.05, 0) is 18.2 Å². The zero-order valence-electron chi connectivity index (χ0n) is 8.92. The fourth-order valence-electron chi connectivity index (χ4n) is 1.13. The van der Waals surface area contributed by atoms with Crippen LogP contribution in [0.15, 0.2) is 18.2 Å². The van der Waals surface area contributed by atoms with Crippen LogP contribution < -0.4 is 10.1 Å². The lowest BCUT2D eigenvalue weighted by molar-refractivity contribution is -0.274. The molecule has 0 saturated heterocycles. The Labute approximate surface area is 105 Å². The van der Waals surface area contributed by atoms with Crippen molar-refractivity contribution in [2.75, 3.05) is 11.9 Å². The van der Waals surface area contributed by atoms with E-state index in [1.165, 1.54) is 12.1 Å². The van der Waals surface area contributed by atoms with E-state index in [0.29, 0.717) is 5.69 Å². The molecule has 0 atom stereocenters. The predicted molar refractivity (Wildman–Crippen MR) is 58.9 cm³/mol. The number of benzene rings is 1. The van der Waals surface area contributed by atoms with E-state index in [-0.39, 0.29) is 18.0 Å². The molecule has 0 aliphatic rings. The summed E-state index contributed by atoms with van der Waals surface area (Å²) >= 11 is 5.60. The normalized spacial score (nSPS) is 11.1. The summed E-state index contributed by atoms with van der Waals surface area (Å²) < 4.78 is 39.5. The first kappa shape index (κ1) is 14.4. The van der Waals surface area contributed by atoms with E-state index in [4.69, 9.17) is 16.7 Å². The summed E-state index contributed by atoms with van der Waals surface area (Å²) in [6.45, 7) is 0.144. The number of anilines is 1. The minimum Gasteiger partial charge on any atom is -0.481 e. The smallest absolute Gasteiger partial charge is 0.481 e. The fourth-order valence-corrected chi connectivity index (χ4v) is 1.35. The predicted octanol–water partition coefficient (Wildman–Crippen LogP) is 3.13. The molecule has 0 unspecified atom stereocenters. The van der Waals surface area contributed by atoms with Gasteiger partial charge in [0.05, 0.1) is 11.4 Å². The van der Waals surface area contributed by atoms with Crippen molar-refractivity contribution in [3.05, 3.63) is 23.2 Å². The molecule has 0 amide bonds. The van der Waals surface area contributed by atoms with Gasteiger partial charge in [-0.3, -0.25) is 4.79 Å². The lowest BCUT2D eigenvalue weighted by Crippen LogP contribution is -2.17. The number of alkyl halides is 3. The molecule has 0 spiro atoms. The minimum absolute atomic E-state index is 0.113. The quantitative estimate of drug-likeness (QED) is 0.872. The van der Waals surface area contributed by atoms with Crippen molar-refractivity contribution < 1.29 is 27.8 Å². The monoisotopic (exact) mass is 283 g/mol.